The van der Waals surface area contributed by atoms with Crippen molar-refractivity contribution in [1.82, 2.24) is 0 Å². The third-order valence-electron chi connectivity index (χ3n) is 8.46. The molecule has 0 amide bonds. The monoisotopic (exact) mass is 742 g/mol. The van der Waals surface area contributed by atoms with Crippen molar-refractivity contribution in [3.05, 3.63) is 82.5 Å². The predicted molar refractivity (Wildman–Crippen MR) is 176 cm³/mol. The number of phenolic OH excluding ortho intramolecular Hbond substituents is 4. The number of fused-ring (bicyclic) bond motifs is 1. The summed E-state index contributed by atoms with van der Waals surface area (Å²) in [7, 11) is 0. The highest BCUT2D eigenvalue weighted by Crippen LogP contribution is 2.38. The van der Waals surface area contributed by atoms with Crippen LogP contribution in [-0.2, 0) is 23.7 Å². The van der Waals surface area contributed by atoms with E-state index in [4.69, 9.17) is 28.1 Å². The number of carbonyl (C=O) groups is 1. The molecule has 3 aromatic carbocycles. The smallest absolute Gasteiger partial charge is 0.330 e. The number of phenols is 4. The van der Waals surface area contributed by atoms with Crippen LogP contribution in [0.1, 0.15) is 5.56 Å². The van der Waals surface area contributed by atoms with E-state index < -0.39 is 102 Å². The molecule has 10 N–H and O–H groups in total. The molecule has 0 radical (unpaired) electrons. The second-order valence-electron chi connectivity index (χ2n) is 12.1. The molecule has 2 saturated heterocycles. The van der Waals surface area contributed by atoms with Crippen molar-refractivity contribution in [2.24, 2.45) is 0 Å². The molecule has 282 valence electrons. The summed E-state index contributed by atoms with van der Waals surface area (Å²) < 4.78 is 33.5. The first kappa shape index (κ1) is 37.5. The molecule has 0 aliphatic carbocycles. The average Bonchev–Trinajstić information content (AvgIpc) is 3.12. The molecule has 18 nitrogen and oxygen atoms in total. The van der Waals surface area contributed by atoms with Crippen LogP contribution in [-0.4, -0.2) is 125 Å². The number of carbonyl (C=O) groups excluding carboxylic acids is 1. The Morgan fingerprint density at radius 1 is 0.736 bits per heavy atom. The van der Waals surface area contributed by atoms with Crippen LogP contribution in [0.2, 0.25) is 0 Å². The van der Waals surface area contributed by atoms with E-state index >= 15 is 0 Å². The van der Waals surface area contributed by atoms with E-state index in [1.54, 1.807) is 0 Å². The Hall–Kier alpha value is -5.28. The Morgan fingerprint density at radius 2 is 1.40 bits per heavy atom. The highest BCUT2D eigenvalue weighted by Gasteiger charge is 2.52. The molecule has 2 aliphatic heterocycles. The van der Waals surface area contributed by atoms with E-state index in [9.17, 15) is 60.7 Å². The van der Waals surface area contributed by atoms with E-state index in [1.807, 2.05) is 0 Å². The van der Waals surface area contributed by atoms with Gasteiger partial charge in [-0.05, 0) is 48.0 Å². The maximum Gasteiger partial charge on any atom is 0.330 e. The van der Waals surface area contributed by atoms with Crippen LogP contribution in [0.5, 0.6) is 28.7 Å². The standard InChI is InChI=1S/C35H34O18/c36-16-6-1-14(2-7-16)3-10-22(40)48-13-21-24(41)26(43)29(46)34(50-21)52-32-27(44)28(45)33(47)53-35(32)51-31-25(42)23-19(39)11-18(38)12-20(23)49-30(31)15-4-8-17(37)9-5-15/h1-12,21,24,26-29,32-39,41,43-47H,13H2/b10-3+/t21-,24-,26+,27-,28-,29-,32?,33-,34+,35-/m1/s1. The largest absolute Gasteiger partial charge is 0.508 e. The number of ether oxygens (including phenoxy) is 5. The number of rotatable bonds is 9. The summed E-state index contributed by atoms with van der Waals surface area (Å²) in [5, 5.41) is 103. The van der Waals surface area contributed by atoms with Crippen molar-refractivity contribution < 1.29 is 84.0 Å². The summed E-state index contributed by atoms with van der Waals surface area (Å²) in [6, 6.07) is 12.9. The van der Waals surface area contributed by atoms with Gasteiger partial charge in [0.15, 0.2) is 24.4 Å². The Bertz CT molecular complexity index is 2010. The van der Waals surface area contributed by atoms with Crippen LogP contribution in [0, 0.1) is 0 Å². The molecule has 4 aromatic rings. The van der Waals surface area contributed by atoms with Gasteiger partial charge in [-0.25, -0.2) is 4.79 Å². The topological polar surface area (TPSA) is 296 Å². The number of hydrogen-bond donors (Lipinski definition) is 10. The zero-order valence-corrected chi connectivity index (χ0v) is 27.1. The summed E-state index contributed by atoms with van der Waals surface area (Å²) in [5.74, 6) is -3.25. The Kier molecular flexibility index (Phi) is 10.9. The van der Waals surface area contributed by atoms with Crippen molar-refractivity contribution in [2.75, 3.05) is 6.61 Å². The minimum atomic E-state index is -2.14. The number of esters is 1. The summed E-state index contributed by atoms with van der Waals surface area (Å²) in [4.78, 5) is 26.2. The van der Waals surface area contributed by atoms with Crippen LogP contribution in [0.15, 0.2) is 76.0 Å². The summed E-state index contributed by atoms with van der Waals surface area (Å²) in [5.41, 5.74) is -0.666. The van der Waals surface area contributed by atoms with Crippen LogP contribution in [0.25, 0.3) is 28.4 Å². The highest BCUT2D eigenvalue weighted by atomic mass is 16.8. The maximum atomic E-state index is 13.8. The second-order valence-corrected chi connectivity index (χ2v) is 12.1. The van der Waals surface area contributed by atoms with Gasteiger partial charge in [0.2, 0.25) is 17.5 Å². The molecule has 0 spiro atoms. The molecule has 0 bridgehead atoms. The van der Waals surface area contributed by atoms with Crippen molar-refractivity contribution >= 4 is 23.0 Å². The lowest BCUT2D eigenvalue weighted by molar-refractivity contribution is -0.373. The summed E-state index contributed by atoms with van der Waals surface area (Å²) >= 11 is 0. The van der Waals surface area contributed by atoms with Gasteiger partial charge < -0.3 is 79.2 Å². The first-order chi connectivity index (χ1) is 25.2. The van der Waals surface area contributed by atoms with Gasteiger partial charge in [0.25, 0.3) is 0 Å². The molecule has 10 atom stereocenters. The molecular weight excluding hydrogens is 708 g/mol. The van der Waals surface area contributed by atoms with Gasteiger partial charge in [-0.15, -0.1) is 0 Å². The molecular formula is C35H34O18. The summed E-state index contributed by atoms with van der Waals surface area (Å²) in [6.07, 6.45) is -17.2. The fraction of sp³-hybridized carbons (Fsp3) is 0.314. The minimum absolute atomic E-state index is 0.0157. The van der Waals surface area contributed by atoms with Crippen LogP contribution >= 0.6 is 0 Å². The van der Waals surface area contributed by atoms with Gasteiger partial charge in [-0.1, -0.05) is 12.1 Å². The Morgan fingerprint density at radius 3 is 2.08 bits per heavy atom. The molecule has 2 aliphatic rings. The fourth-order valence-electron chi connectivity index (χ4n) is 5.64. The second kappa shape index (κ2) is 15.4. The number of aliphatic hydroxyl groups is 6. The van der Waals surface area contributed by atoms with Crippen LogP contribution < -0.4 is 10.2 Å². The van der Waals surface area contributed by atoms with Gasteiger partial charge in [0, 0.05) is 23.8 Å². The number of aliphatic hydroxyl groups excluding tert-OH is 6. The molecule has 1 aromatic heterocycles. The lowest BCUT2D eigenvalue weighted by Crippen LogP contribution is -2.65. The fourth-order valence-corrected chi connectivity index (χ4v) is 5.64. The average molecular weight is 743 g/mol. The van der Waals surface area contributed by atoms with Gasteiger partial charge in [0.1, 0.15) is 77.2 Å². The molecule has 2 fully saturated rings. The third kappa shape index (κ3) is 7.90. The number of aromatic hydroxyl groups is 4. The Balaban J connectivity index is 1.27. The van der Waals surface area contributed by atoms with E-state index in [-0.39, 0.29) is 28.4 Å². The highest BCUT2D eigenvalue weighted by molar-refractivity contribution is 5.88. The van der Waals surface area contributed by atoms with Crippen LogP contribution in [0.3, 0.4) is 0 Å². The number of benzene rings is 3. The first-order valence-corrected chi connectivity index (χ1v) is 15.9. The SMILES string of the molecule is O=C(/C=C/c1ccc(O)cc1)OC[C@H]1O[C@@H](OC2[C@H](Oc3c(-c4ccc(O)cc4)oc4cc(O)cc(O)c4c3=O)O[C@@H](O)[C@H](O)[C@H]2O)[C@H](O)[C@@H](O)[C@@H]1O. The van der Waals surface area contributed by atoms with E-state index in [2.05, 4.69) is 0 Å². The molecule has 18 heteroatoms. The van der Waals surface area contributed by atoms with E-state index in [0.29, 0.717) is 5.56 Å². The first-order valence-electron chi connectivity index (χ1n) is 15.9. The zero-order valence-electron chi connectivity index (χ0n) is 27.1. The molecule has 3 heterocycles. The number of hydrogen-bond acceptors (Lipinski definition) is 18. The van der Waals surface area contributed by atoms with Gasteiger partial charge >= 0.3 is 5.97 Å². The van der Waals surface area contributed by atoms with Gasteiger partial charge in [0.05, 0.1) is 0 Å². The van der Waals surface area contributed by atoms with Crippen molar-refractivity contribution in [2.45, 2.75) is 61.6 Å². The summed E-state index contributed by atoms with van der Waals surface area (Å²) in [6.45, 7) is -0.679. The van der Waals surface area contributed by atoms with Gasteiger partial charge in [-0.2, -0.15) is 0 Å². The molecule has 53 heavy (non-hydrogen) atoms. The van der Waals surface area contributed by atoms with Crippen molar-refractivity contribution in [3.8, 4) is 40.1 Å². The molecule has 6 rings (SSSR count). The molecule has 0 saturated carbocycles. The minimum Gasteiger partial charge on any atom is -0.508 e. The van der Waals surface area contributed by atoms with Crippen LogP contribution in [0.4, 0.5) is 0 Å². The van der Waals surface area contributed by atoms with Crippen molar-refractivity contribution in [1.29, 1.82) is 0 Å². The third-order valence-corrected chi connectivity index (χ3v) is 8.46. The Labute approximate surface area is 297 Å². The lowest BCUT2D eigenvalue weighted by Gasteiger charge is -2.45. The van der Waals surface area contributed by atoms with E-state index in [1.165, 1.54) is 54.6 Å². The van der Waals surface area contributed by atoms with Gasteiger partial charge in [-0.3, -0.25) is 4.79 Å². The quantitative estimate of drug-likeness (QED) is 0.0764. The normalized spacial score (nSPS) is 28.9. The molecule has 1 unspecified atom stereocenters. The predicted octanol–water partition coefficient (Wildman–Crippen LogP) is -0.493. The van der Waals surface area contributed by atoms with E-state index in [0.717, 1.165) is 18.2 Å². The van der Waals surface area contributed by atoms with Crippen molar-refractivity contribution in [3.63, 3.8) is 0 Å². The zero-order chi connectivity index (χ0) is 38.1. The maximum absolute atomic E-state index is 13.8. The lowest BCUT2D eigenvalue weighted by atomic mass is 9.98.